The van der Waals surface area contributed by atoms with Crippen molar-refractivity contribution in [1.29, 1.82) is 0 Å². The van der Waals surface area contributed by atoms with Crippen molar-refractivity contribution in [3.05, 3.63) is 83.4 Å². The van der Waals surface area contributed by atoms with E-state index in [1.165, 1.54) is 6.07 Å². The Hall–Kier alpha value is -2.96. The Labute approximate surface area is 171 Å². The predicted octanol–water partition coefficient (Wildman–Crippen LogP) is 3.80. The van der Waals surface area contributed by atoms with E-state index in [0.717, 1.165) is 22.4 Å². The molecule has 0 atom stereocenters. The first-order valence-corrected chi connectivity index (χ1v) is 10.7. The molecule has 3 aromatic carbocycles. The van der Waals surface area contributed by atoms with Crippen LogP contribution in [-0.4, -0.2) is 28.3 Å². The summed E-state index contributed by atoms with van der Waals surface area (Å²) in [5.41, 5.74) is 5.15. The number of carbonyl (C=O) groups excluding carboxylic acids is 1. The van der Waals surface area contributed by atoms with Crippen LogP contribution in [-0.2, 0) is 16.4 Å². The number of sulfonamides is 1. The average Bonchev–Trinajstić information content (AvgIpc) is 2.67. The van der Waals surface area contributed by atoms with Gasteiger partial charge in [-0.15, -0.1) is 0 Å². The van der Waals surface area contributed by atoms with Gasteiger partial charge in [-0.3, -0.25) is 4.79 Å². The number of ketones is 1. The van der Waals surface area contributed by atoms with Crippen molar-refractivity contribution in [2.45, 2.75) is 18.2 Å². The second-order valence-electron chi connectivity index (χ2n) is 7.23. The molecule has 29 heavy (non-hydrogen) atoms. The number of nitrogens with two attached hydrogens (primary N) is 1. The lowest BCUT2D eigenvalue weighted by Crippen LogP contribution is -2.14. The molecule has 0 fully saturated rings. The van der Waals surface area contributed by atoms with Gasteiger partial charge >= 0.3 is 0 Å². The summed E-state index contributed by atoms with van der Waals surface area (Å²) in [4.78, 5) is 14.8. The van der Waals surface area contributed by atoms with Crippen LogP contribution in [0.25, 0.3) is 11.1 Å². The lowest BCUT2D eigenvalue weighted by molar-refractivity contribution is 0.0993. The van der Waals surface area contributed by atoms with Crippen LogP contribution in [0.5, 0.6) is 0 Å². The molecule has 0 heterocycles. The fourth-order valence-corrected chi connectivity index (χ4v) is 4.14. The molecule has 0 unspecified atom stereocenters. The van der Waals surface area contributed by atoms with E-state index in [1.54, 1.807) is 19.1 Å². The van der Waals surface area contributed by atoms with Gasteiger partial charge in [-0.25, -0.2) is 13.6 Å². The van der Waals surface area contributed by atoms with Gasteiger partial charge in [0.05, 0.1) is 4.90 Å². The number of para-hydroxylation sites is 1. The molecule has 0 bridgehead atoms. The number of primary sulfonamides is 1. The van der Waals surface area contributed by atoms with Crippen LogP contribution in [0.1, 0.15) is 21.5 Å². The number of aryl methyl sites for hydroxylation is 1. The maximum Gasteiger partial charge on any atom is 0.238 e. The third-order valence-corrected chi connectivity index (χ3v) is 5.89. The van der Waals surface area contributed by atoms with Gasteiger partial charge in [0.2, 0.25) is 10.0 Å². The zero-order valence-corrected chi connectivity index (χ0v) is 17.5. The second-order valence-corrected chi connectivity index (χ2v) is 8.76. The summed E-state index contributed by atoms with van der Waals surface area (Å²) in [6, 6.07) is 20.4. The van der Waals surface area contributed by atoms with E-state index in [4.69, 9.17) is 5.14 Å². The zero-order chi connectivity index (χ0) is 21.2. The number of carbonyl (C=O) groups is 1. The van der Waals surface area contributed by atoms with E-state index in [1.807, 2.05) is 50.5 Å². The summed E-state index contributed by atoms with van der Waals surface area (Å²) < 4.78 is 23.1. The van der Waals surface area contributed by atoms with Crippen LogP contribution in [0.15, 0.2) is 71.6 Å². The summed E-state index contributed by atoms with van der Waals surface area (Å²) in [5, 5.41) is 5.19. The molecule has 0 radical (unpaired) electrons. The van der Waals surface area contributed by atoms with Gasteiger partial charge in [-0.2, -0.15) is 0 Å². The van der Waals surface area contributed by atoms with Crippen molar-refractivity contribution in [1.82, 2.24) is 0 Å². The molecule has 150 valence electrons. The Kier molecular flexibility index (Phi) is 5.86. The first-order chi connectivity index (χ1) is 13.7. The van der Waals surface area contributed by atoms with Crippen LogP contribution in [0.4, 0.5) is 5.69 Å². The summed E-state index contributed by atoms with van der Waals surface area (Å²) in [6.07, 6.45) is 0.194. The highest BCUT2D eigenvalue weighted by Crippen LogP contribution is 2.29. The van der Waals surface area contributed by atoms with Crippen LogP contribution in [0.3, 0.4) is 0 Å². The molecular weight excluding hydrogens is 384 g/mol. The third kappa shape index (κ3) is 4.72. The van der Waals surface area contributed by atoms with Gasteiger partial charge in [0.1, 0.15) is 0 Å². The number of benzene rings is 3. The number of hydrogen-bond donors (Lipinski definition) is 1. The highest BCUT2D eigenvalue weighted by molar-refractivity contribution is 7.89. The molecule has 5 nitrogen and oxygen atoms in total. The quantitative estimate of drug-likeness (QED) is 0.629. The number of Topliss-reactive ketones (excluding diaryl/α,β-unsaturated/α-hetero) is 1. The van der Waals surface area contributed by atoms with Crippen LogP contribution in [0, 0.1) is 6.92 Å². The molecular formula is C23H24N2O3S. The number of anilines is 1. The third-order valence-electron chi connectivity index (χ3n) is 4.81. The van der Waals surface area contributed by atoms with Crippen LogP contribution >= 0.6 is 0 Å². The first kappa shape index (κ1) is 20.8. The molecule has 0 spiro atoms. The van der Waals surface area contributed by atoms with Gasteiger partial charge in [0.15, 0.2) is 5.78 Å². The van der Waals surface area contributed by atoms with Crippen molar-refractivity contribution in [2.75, 3.05) is 19.0 Å². The highest BCUT2D eigenvalue weighted by Gasteiger charge is 2.14. The monoisotopic (exact) mass is 408 g/mol. The molecule has 2 N–H and O–H groups in total. The van der Waals surface area contributed by atoms with Crippen molar-refractivity contribution in [3.8, 4) is 11.1 Å². The maximum atomic E-state index is 12.7. The van der Waals surface area contributed by atoms with Gasteiger partial charge in [0.25, 0.3) is 0 Å². The van der Waals surface area contributed by atoms with Gasteiger partial charge in [-0.05, 0) is 35.7 Å². The van der Waals surface area contributed by atoms with E-state index in [2.05, 4.69) is 17.0 Å². The molecule has 3 aromatic rings. The number of nitrogens with zero attached hydrogens (tertiary/aromatic N) is 1. The molecule has 0 saturated heterocycles. The largest absolute Gasteiger partial charge is 0.377 e. The molecule has 0 saturated carbocycles. The minimum atomic E-state index is -3.76. The maximum absolute atomic E-state index is 12.7. The van der Waals surface area contributed by atoms with Gasteiger partial charge in [-0.1, -0.05) is 54.6 Å². The molecule has 0 aliphatic rings. The highest BCUT2D eigenvalue weighted by atomic mass is 32.2. The van der Waals surface area contributed by atoms with Gasteiger partial charge < -0.3 is 4.90 Å². The second kappa shape index (κ2) is 8.19. The summed E-state index contributed by atoms with van der Waals surface area (Å²) in [6.45, 7) is 1.67. The molecule has 3 rings (SSSR count). The lowest BCUT2D eigenvalue weighted by atomic mass is 9.98. The fraction of sp³-hybridized carbons (Fsp3) is 0.174. The van der Waals surface area contributed by atoms with Crippen molar-refractivity contribution >= 4 is 21.5 Å². The van der Waals surface area contributed by atoms with Crippen molar-refractivity contribution in [2.24, 2.45) is 5.14 Å². The molecule has 0 amide bonds. The zero-order valence-electron chi connectivity index (χ0n) is 16.7. The summed E-state index contributed by atoms with van der Waals surface area (Å²) in [5.74, 6) is -0.0276. The molecule has 0 aliphatic heterocycles. The van der Waals surface area contributed by atoms with Crippen LogP contribution in [0.2, 0.25) is 0 Å². The number of rotatable bonds is 6. The van der Waals surface area contributed by atoms with Gasteiger partial charge in [0, 0.05) is 37.3 Å². The lowest BCUT2D eigenvalue weighted by Gasteiger charge is -2.17. The molecule has 0 aromatic heterocycles. The minimum absolute atomic E-state index is 0.0276. The van der Waals surface area contributed by atoms with E-state index in [-0.39, 0.29) is 17.1 Å². The molecule has 0 aliphatic carbocycles. The molecule has 6 heteroatoms. The van der Waals surface area contributed by atoms with Crippen molar-refractivity contribution < 1.29 is 13.2 Å². The van der Waals surface area contributed by atoms with Crippen LogP contribution < -0.4 is 10.0 Å². The Bertz CT molecular complexity index is 1150. The Balaban J connectivity index is 1.81. The Morgan fingerprint density at radius 3 is 2.21 bits per heavy atom. The predicted molar refractivity (Wildman–Crippen MR) is 117 cm³/mol. The van der Waals surface area contributed by atoms with E-state index < -0.39 is 10.0 Å². The Morgan fingerprint density at radius 1 is 0.966 bits per heavy atom. The van der Waals surface area contributed by atoms with Crippen molar-refractivity contribution in [3.63, 3.8) is 0 Å². The minimum Gasteiger partial charge on any atom is -0.377 e. The number of hydrogen-bond acceptors (Lipinski definition) is 4. The topological polar surface area (TPSA) is 80.5 Å². The first-order valence-electron chi connectivity index (χ1n) is 9.19. The summed E-state index contributed by atoms with van der Waals surface area (Å²) >= 11 is 0. The fourth-order valence-electron chi connectivity index (χ4n) is 3.37. The summed E-state index contributed by atoms with van der Waals surface area (Å²) in [7, 11) is 0.240. The van der Waals surface area contributed by atoms with E-state index >= 15 is 0 Å². The Morgan fingerprint density at radius 2 is 1.62 bits per heavy atom. The smallest absolute Gasteiger partial charge is 0.238 e. The van der Waals surface area contributed by atoms with E-state index in [9.17, 15) is 13.2 Å². The standard InChI is InChI=1S/C23H24N2O3S/c1-16-14-17(8-13-23(16)29(24,27)28)15-22(26)19-11-9-18(10-12-19)20-6-4-5-7-21(20)25(2)3/h4-14H,15H2,1-3H3,(H2,24,27,28). The normalized spacial score (nSPS) is 11.3. The van der Waals surface area contributed by atoms with E-state index in [0.29, 0.717) is 11.1 Å². The SMILES string of the molecule is Cc1cc(CC(=O)c2ccc(-c3ccccc3N(C)C)cc2)ccc1S(N)(=O)=O. The average molecular weight is 409 g/mol.